The largest absolute Gasteiger partial charge is 0.330 e. The second-order valence-electron chi connectivity index (χ2n) is 7.84. The van der Waals surface area contributed by atoms with Crippen molar-refractivity contribution in [3.05, 3.63) is 59.2 Å². The van der Waals surface area contributed by atoms with Crippen LogP contribution >= 0.6 is 0 Å². The van der Waals surface area contributed by atoms with Gasteiger partial charge in [0.25, 0.3) is 0 Å². The van der Waals surface area contributed by atoms with E-state index in [-0.39, 0.29) is 0 Å². The first-order valence-corrected chi connectivity index (χ1v) is 10.4. The maximum absolute atomic E-state index is 5.76. The normalized spacial score (nSPS) is 21.7. The zero-order valence-corrected chi connectivity index (χ0v) is 16.1. The number of hydrogen-bond acceptors (Lipinski definition) is 5. The van der Waals surface area contributed by atoms with Gasteiger partial charge in [-0.2, -0.15) is 0 Å². The lowest BCUT2D eigenvalue weighted by Crippen LogP contribution is -2.47. The molecular weight excluding hydrogens is 334 g/mol. The fourth-order valence-electron chi connectivity index (χ4n) is 4.56. The minimum Gasteiger partial charge on any atom is -0.330 e. The summed E-state index contributed by atoms with van der Waals surface area (Å²) in [5, 5.41) is 3.73. The van der Waals surface area contributed by atoms with Crippen LogP contribution in [0.2, 0.25) is 0 Å². The van der Waals surface area contributed by atoms with Crippen molar-refractivity contribution in [3.63, 3.8) is 0 Å². The number of fused-ring (bicyclic) bond motifs is 2. The Morgan fingerprint density at radius 1 is 1.11 bits per heavy atom. The number of aromatic nitrogens is 2. The van der Waals surface area contributed by atoms with E-state index in [9.17, 15) is 0 Å². The van der Waals surface area contributed by atoms with Gasteiger partial charge in [0.1, 0.15) is 0 Å². The van der Waals surface area contributed by atoms with Crippen LogP contribution in [0, 0.1) is 0 Å². The van der Waals surface area contributed by atoms with Crippen molar-refractivity contribution in [2.45, 2.75) is 57.2 Å². The second-order valence-corrected chi connectivity index (χ2v) is 7.84. The molecule has 27 heavy (non-hydrogen) atoms. The fraction of sp³-hybridized carbons (Fsp3) is 0.545. The van der Waals surface area contributed by atoms with Gasteiger partial charge in [0.2, 0.25) is 0 Å². The van der Waals surface area contributed by atoms with Gasteiger partial charge in [0.15, 0.2) is 0 Å². The van der Waals surface area contributed by atoms with Crippen LogP contribution in [-0.4, -0.2) is 40.5 Å². The van der Waals surface area contributed by atoms with Crippen molar-refractivity contribution < 1.29 is 0 Å². The lowest BCUT2D eigenvalue weighted by atomic mass is 9.90. The van der Waals surface area contributed by atoms with E-state index < -0.39 is 0 Å². The van der Waals surface area contributed by atoms with Crippen molar-refractivity contribution in [2.24, 2.45) is 5.73 Å². The number of nitrogens with one attached hydrogen (secondary N) is 1. The molecule has 5 heteroatoms. The van der Waals surface area contributed by atoms with Gasteiger partial charge in [-0.3, -0.25) is 14.9 Å². The van der Waals surface area contributed by atoms with Gasteiger partial charge < -0.3 is 11.1 Å². The van der Waals surface area contributed by atoms with Crippen molar-refractivity contribution in [1.82, 2.24) is 20.2 Å². The SMILES string of the molecule is NCCCCN(C[C@@H]1Cc2ncccc2CN1)[C@H]1CCCc2cccnc21. The fourth-order valence-corrected chi connectivity index (χ4v) is 4.56. The van der Waals surface area contributed by atoms with Gasteiger partial charge >= 0.3 is 0 Å². The average Bonchev–Trinajstić information content (AvgIpc) is 2.73. The third-order valence-corrected chi connectivity index (χ3v) is 5.97. The molecule has 4 rings (SSSR count). The Morgan fingerprint density at radius 3 is 2.85 bits per heavy atom. The molecule has 0 fully saturated rings. The summed E-state index contributed by atoms with van der Waals surface area (Å²) in [5.74, 6) is 0. The van der Waals surface area contributed by atoms with Gasteiger partial charge in [-0.25, -0.2) is 0 Å². The molecule has 0 unspecified atom stereocenters. The Hall–Kier alpha value is -1.82. The van der Waals surface area contributed by atoms with Crippen molar-refractivity contribution in [2.75, 3.05) is 19.6 Å². The van der Waals surface area contributed by atoms with Crippen LogP contribution in [0.4, 0.5) is 0 Å². The summed E-state index contributed by atoms with van der Waals surface area (Å²) in [4.78, 5) is 12.1. The zero-order chi connectivity index (χ0) is 18.5. The minimum absolute atomic E-state index is 0.430. The van der Waals surface area contributed by atoms with Crippen LogP contribution in [0.15, 0.2) is 36.7 Å². The van der Waals surface area contributed by atoms with Gasteiger partial charge in [0, 0.05) is 43.6 Å². The predicted octanol–water partition coefficient (Wildman–Crippen LogP) is 2.61. The number of pyridine rings is 2. The molecule has 0 amide bonds. The van der Waals surface area contributed by atoms with Gasteiger partial charge in [-0.15, -0.1) is 0 Å². The average molecular weight is 366 g/mol. The lowest BCUT2D eigenvalue weighted by molar-refractivity contribution is 0.150. The highest BCUT2D eigenvalue weighted by Crippen LogP contribution is 2.33. The first kappa shape index (κ1) is 18.5. The number of nitrogens with zero attached hydrogens (tertiary/aromatic N) is 3. The number of aryl methyl sites for hydroxylation is 1. The van der Waals surface area contributed by atoms with E-state index >= 15 is 0 Å². The quantitative estimate of drug-likeness (QED) is 0.738. The highest BCUT2D eigenvalue weighted by atomic mass is 15.2. The monoisotopic (exact) mass is 365 g/mol. The van der Waals surface area contributed by atoms with Gasteiger partial charge in [0.05, 0.1) is 11.7 Å². The van der Waals surface area contributed by atoms with Crippen molar-refractivity contribution >= 4 is 0 Å². The smallest absolute Gasteiger partial charge is 0.0607 e. The summed E-state index contributed by atoms with van der Waals surface area (Å²) in [5.41, 5.74) is 11.1. The second kappa shape index (κ2) is 8.91. The van der Waals surface area contributed by atoms with Gasteiger partial charge in [-0.1, -0.05) is 12.1 Å². The molecule has 2 atom stereocenters. The molecule has 0 radical (unpaired) electrons. The van der Waals surface area contributed by atoms with E-state index in [0.29, 0.717) is 12.1 Å². The Kier molecular flexibility index (Phi) is 6.12. The Bertz CT molecular complexity index is 747. The molecule has 5 nitrogen and oxygen atoms in total. The first-order valence-electron chi connectivity index (χ1n) is 10.4. The molecule has 144 valence electrons. The molecule has 0 saturated heterocycles. The number of hydrogen-bond donors (Lipinski definition) is 2. The molecule has 2 aromatic rings. The Labute approximate surface area is 162 Å². The first-order chi connectivity index (χ1) is 13.3. The molecule has 0 aromatic carbocycles. The molecule has 0 bridgehead atoms. The third-order valence-electron chi connectivity index (χ3n) is 5.97. The molecular formula is C22H31N5. The highest BCUT2D eigenvalue weighted by molar-refractivity contribution is 5.26. The third kappa shape index (κ3) is 4.37. The molecule has 2 aliphatic rings. The molecule has 0 saturated carbocycles. The molecule has 0 spiro atoms. The van der Waals surface area contributed by atoms with Crippen molar-refractivity contribution in [3.8, 4) is 0 Å². The van der Waals surface area contributed by atoms with E-state index in [1.807, 2.05) is 18.5 Å². The van der Waals surface area contributed by atoms with Gasteiger partial charge in [-0.05, 0) is 68.5 Å². The van der Waals surface area contributed by atoms with Crippen LogP contribution in [0.5, 0.6) is 0 Å². The lowest BCUT2D eigenvalue weighted by Gasteiger charge is -2.38. The number of nitrogens with two attached hydrogens (primary N) is 1. The molecule has 3 N–H and O–H groups in total. The van der Waals surface area contributed by atoms with Crippen LogP contribution in [0.1, 0.15) is 54.2 Å². The van der Waals surface area contributed by atoms with Crippen molar-refractivity contribution in [1.29, 1.82) is 0 Å². The Morgan fingerprint density at radius 2 is 1.96 bits per heavy atom. The summed E-state index contributed by atoms with van der Waals surface area (Å²) < 4.78 is 0. The van der Waals surface area contributed by atoms with E-state index in [4.69, 9.17) is 10.7 Å². The summed E-state index contributed by atoms with van der Waals surface area (Å²) in [6, 6.07) is 9.42. The van der Waals surface area contributed by atoms with Crippen LogP contribution in [-0.2, 0) is 19.4 Å². The maximum atomic E-state index is 5.76. The standard InChI is InChI=1S/C22H31N5/c23-10-1-2-13-27(21-9-3-6-17-7-4-12-25-22(17)21)16-19-14-20-18(15-26-19)8-5-11-24-20/h4-5,7-8,11-12,19,21,26H,1-3,6,9-10,13-16,23H2/t19-,21-/m0/s1. The summed E-state index contributed by atoms with van der Waals surface area (Å²) in [7, 11) is 0. The summed E-state index contributed by atoms with van der Waals surface area (Å²) >= 11 is 0. The maximum Gasteiger partial charge on any atom is 0.0607 e. The van der Waals surface area contributed by atoms with Crippen LogP contribution in [0.3, 0.4) is 0 Å². The predicted molar refractivity (Wildman–Crippen MR) is 108 cm³/mol. The van der Waals surface area contributed by atoms with Crippen LogP contribution in [0.25, 0.3) is 0 Å². The zero-order valence-electron chi connectivity index (χ0n) is 16.1. The van der Waals surface area contributed by atoms with E-state index in [1.165, 1.54) is 35.4 Å². The Balaban J connectivity index is 1.50. The topological polar surface area (TPSA) is 67.1 Å². The summed E-state index contributed by atoms with van der Waals surface area (Å²) in [6.07, 6.45) is 10.7. The molecule has 3 heterocycles. The van der Waals surface area contributed by atoms with E-state index in [1.54, 1.807) is 0 Å². The molecule has 1 aliphatic carbocycles. The highest BCUT2D eigenvalue weighted by Gasteiger charge is 2.29. The minimum atomic E-state index is 0.430. The number of rotatable bonds is 7. The van der Waals surface area contributed by atoms with E-state index in [0.717, 1.165) is 51.9 Å². The summed E-state index contributed by atoms with van der Waals surface area (Å²) in [6.45, 7) is 3.82. The molecule has 2 aromatic heterocycles. The van der Waals surface area contributed by atoms with E-state index in [2.05, 4.69) is 33.4 Å². The van der Waals surface area contributed by atoms with Crippen LogP contribution < -0.4 is 11.1 Å². The molecule has 1 aliphatic heterocycles. The number of unbranched alkanes of at least 4 members (excludes halogenated alkanes) is 1.